The van der Waals surface area contributed by atoms with Gasteiger partial charge in [0.15, 0.2) is 0 Å². The van der Waals surface area contributed by atoms with Gasteiger partial charge in [0.1, 0.15) is 11.6 Å². The van der Waals surface area contributed by atoms with Crippen LogP contribution in [0.15, 0.2) is 55.1 Å². The van der Waals surface area contributed by atoms with E-state index in [9.17, 15) is 5.11 Å². The second-order valence-corrected chi connectivity index (χ2v) is 6.58. The number of pyridine rings is 1. The summed E-state index contributed by atoms with van der Waals surface area (Å²) in [4.78, 5) is 8.65. The first kappa shape index (κ1) is 15.8. The van der Waals surface area contributed by atoms with Gasteiger partial charge in [-0.05, 0) is 54.8 Å². The minimum atomic E-state index is 0.250. The van der Waals surface area contributed by atoms with Crippen molar-refractivity contribution in [2.45, 2.75) is 19.4 Å². The van der Waals surface area contributed by atoms with Crippen LogP contribution in [0.1, 0.15) is 17.2 Å². The number of nitrogens with zero attached hydrogens (tertiary/aromatic N) is 3. The number of hydrogen-bond donors (Lipinski definition) is 1. The minimum Gasteiger partial charge on any atom is -0.508 e. The van der Waals surface area contributed by atoms with E-state index in [0.717, 1.165) is 30.0 Å². The number of phenols is 1. The average Bonchev–Trinajstić information content (AvgIpc) is 3.27. The van der Waals surface area contributed by atoms with Crippen molar-refractivity contribution in [3.8, 4) is 17.1 Å². The molecule has 128 valence electrons. The van der Waals surface area contributed by atoms with Crippen molar-refractivity contribution in [2.24, 2.45) is 5.92 Å². The molecule has 1 aliphatic rings. The summed E-state index contributed by atoms with van der Waals surface area (Å²) in [6.45, 7) is 3.34. The fourth-order valence-electron chi connectivity index (χ4n) is 3.51. The fraction of sp³-hybridized carbons (Fsp3) is 0.300. The number of aryl methyl sites for hydroxylation is 1. The summed E-state index contributed by atoms with van der Waals surface area (Å²) in [5.74, 6) is 1.62. The highest BCUT2D eigenvalue weighted by atomic mass is 16.5. The Morgan fingerprint density at radius 3 is 2.80 bits per heavy atom. The van der Waals surface area contributed by atoms with Crippen LogP contribution in [0, 0.1) is 12.8 Å². The smallest absolute Gasteiger partial charge is 0.140 e. The molecule has 0 unspecified atom stereocenters. The summed E-state index contributed by atoms with van der Waals surface area (Å²) >= 11 is 0. The van der Waals surface area contributed by atoms with Gasteiger partial charge in [-0.15, -0.1) is 0 Å². The van der Waals surface area contributed by atoms with E-state index >= 15 is 0 Å². The third kappa shape index (κ3) is 3.15. The maximum atomic E-state index is 9.78. The molecule has 0 amide bonds. The number of imidazole rings is 1. The molecule has 2 aromatic heterocycles. The summed E-state index contributed by atoms with van der Waals surface area (Å²) in [5.41, 5.74) is 3.13. The monoisotopic (exact) mass is 335 g/mol. The van der Waals surface area contributed by atoms with Crippen molar-refractivity contribution in [2.75, 3.05) is 13.2 Å². The molecule has 0 saturated carbocycles. The summed E-state index contributed by atoms with van der Waals surface area (Å²) in [5, 5.41) is 9.78. The zero-order valence-corrected chi connectivity index (χ0v) is 14.2. The summed E-state index contributed by atoms with van der Waals surface area (Å²) in [6, 6.07) is 9.99. The van der Waals surface area contributed by atoms with E-state index in [0.29, 0.717) is 18.3 Å². The van der Waals surface area contributed by atoms with E-state index in [2.05, 4.69) is 26.7 Å². The highest BCUT2D eigenvalue weighted by Crippen LogP contribution is 2.33. The maximum Gasteiger partial charge on any atom is 0.140 e. The Morgan fingerprint density at radius 2 is 2.00 bits per heavy atom. The molecule has 5 nitrogen and oxygen atoms in total. The van der Waals surface area contributed by atoms with E-state index in [1.807, 2.05) is 43.8 Å². The second kappa shape index (κ2) is 6.69. The van der Waals surface area contributed by atoms with Gasteiger partial charge in [-0.3, -0.25) is 4.98 Å². The quantitative estimate of drug-likeness (QED) is 0.794. The largest absolute Gasteiger partial charge is 0.508 e. The first-order chi connectivity index (χ1) is 12.2. The molecule has 25 heavy (non-hydrogen) atoms. The number of rotatable bonds is 4. The highest BCUT2D eigenvalue weighted by Gasteiger charge is 2.31. The van der Waals surface area contributed by atoms with Crippen LogP contribution in [0.25, 0.3) is 11.4 Å². The Morgan fingerprint density at radius 1 is 1.16 bits per heavy atom. The van der Waals surface area contributed by atoms with Crippen molar-refractivity contribution in [3.63, 3.8) is 0 Å². The highest BCUT2D eigenvalue weighted by molar-refractivity contribution is 5.59. The van der Waals surface area contributed by atoms with Crippen LogP contribution in [-0.4, -0.2) is 32.9 Å². The molecule has 2 atom stereocenters. The molecule has 1 aromatic carbocycles. The average molecular weight is 335 g/mol. The maximum absolute atomic E-state index is 9.78. The predicted octanol–water partition coefficient (Wildman–Crippen LogP) is 3.39. The number of ether oxygens (including phenoxy) is 1. The van der Waals surface area contributed by atoms with Gasteiger partial charge >= 0.3 is 0 Å². The van der Waals surface area contributed by atoms with E-state index in [-0.39, 0.29) is 6.04 Å². The molecule has 0 bridgehead atoms. The van der Waals surface area contributed by atoms with E-state index in [4.69, 9.17) is 4.74 Å². The molecule has 1 aliphatic heterocycles. The van der Waals surface area contributed by atoms with Gasteiger partial charge in [0.25, 0.3) is 0 Å². The lowest BCUT2D eigenvalue weighted by Gasteiger charge is -2.21. The van der Waals surface area contributed by atoms with Crippen molar-refractivity contribution >= 4 is 0 Å². The van der Waals surface area contributed by atoms with Gasteiger partial charge in [-0.1, -0.05) is 0 Å². The Balaban J connectivity index is 1.63. The van der Waals surface area contributed by atoms with E-state index < -0.39 is 0 Å². The Labute approximate surface area is 146 Å². The van der Waals surface area contributed by atoms with Crippen molar-refractivity contribution in [3.05, 3.63) is 66.2 Å². The fourth-order valence-corrected chi connectivity index (χ4v) is 3.51. The predicted molar refractivity (Wildman–Crippen MR) is 95.4 cm³/mol. The lowest BCUT2D eigenvalue weighted by atomic mass is 9.95. The van der Waals surface area contributed by atoms with Crippen LogP contribution in [0.5, 0.6) is 5.75 Å². The van der Waals surface area contributed by atoms with E-state index in [1.165, 1.54) is 5.56 Å². The van der Waals surface area contributed by atoms with Crippen molar-refractivity contribution in [1.29, 1.82) is 0 Å². The third-order valence-electron chi connectivity index (χ3n) is 4.89. The number of aromatic nitrogens is 3. The lowest BCUT2D eigenvalue weighted by molar-refractivity contribution is 0.181. The molecule has 0 aliphatic carbocycles. The molecule has 4 rings (SSSR count). The molecule has 0 radical (unpaired) electrons. The number of benzene rings is 1. The Kier molecular flexibility index (Phi) is 4.24. The summed E-state index contributed by atoms with van der Waals surface area (Å²) in [7, 11) is 0. The molecular weight excluding hydrogens is 314 g/mol. The molecule has 1 saturated heterocycles. The standard InChI is InChI=1S/C20H21N3O2/c1-14-10-16(2-3-19(14)24)20-22-8-9-23(20)18-13-25-12-17(18)11-15-4-6-21-7-5-15/h2-10,17-18,24H,11-13H2,1H3/t17-,18-/m1/s1. The van der Waals surface area contributed by atoms with Crippen molar-refractivity contribution in [1.82, 2.24) is 14.5 Å². The summed E-state index contributed by atoms with van der Waals surface area (Å²) < 4.78 is 8.01. The van der Waals surface area contributed by atoms with Crippen LogP contribution < -0.4 is 0 Å². The Bertz CT molecular complexity index is 860. The number of aromatic hydroxyl groups is 1. The molecule has 3 heterocycles. The molecule has 0 spiro atoms. The topological polar surface area (TPSA) is 60.2 Å². The van der Waals surface area contributed by atoms with Gasteiger partial charge in [-0.2, -0.15) is 0 Å². The Hall–Kier alpha value is -2.66. The first-order valence-electron chi connectivity index (χ1n) is 8.52. The first-order valence-corrected chi connectivity index (χ1v) is 8.52. The molecular formula is C20H21N3O2. The minimum absolute atomic E-state index is 0.250. The van der Waals surface area contributed by atoms with Gasteiger partial charge in [0.2, 0.25) is 0 Å². The van der Waals surface area contributed by atoms with Gasteiger partial charge in [0, 0.05) is 36.3 Å². The van der Waals surface area contributed by atoms with Gasteiger partial charge in [-0.25, -0.2) is 4.98 Å². The third-order valence-corrected chi connectivity index (χ3v) is 4.89. The van der Waals surface area contributed by atoms with Crippen LogP contribution in [0.2, 0.25) is 0 Å². The molecule has 3 aromatic rings. The number of hydrogen-bond acceptors (Lipinski definition) is 4. The summed E-state index contributed by atoms with van der Waals surface area (Å²) in [6.07, 6.45) is 8.49. The SMILES string of the molecule is Cc1cc(-c2nccn2[C@@H]2COC[C@H]2Cc2ccncc2)ccc1O. The van der Waals surface area contributed by atoms with Crippen LogP contribution in [-0.2, 0) is 11.2 Å². The van der Waals surface area contributed by atoms with Gasteiger partial charge in [0.05, 0.1) is 19.3 Å². The van der Waals surface area contributed by atoms with Crippen molar-refractivity contribution < 1.29 is 9.84 Å². The van der Waals surface area contributed by atoms with Gasteiger partial charge < -0.3 is 14.4 Å². The molecule has 1 N–H and O–H groups in total. The normalized spacial score (nSPS) is 20.0. The van der Waals surface area contributed by atoms with Crippen LogP contribution >= 0.6 is 0 Å². The van der Waals surface area contributed by atoms with Crippen LogP contribution in [0.3, 0.4) is 0 Å². The second-order valence-electron chi connectivity index (χ2n) is 6.58. The number of phenolic OH excluding ortho intramolecular Hbond substituents is 1. The zero-order chi connectivity index (χ0) is 17.2. The van der Waals surface area contributed by atoms with Crippen LogP contribution in [0.4, 0.5) is 0 Å². The lowest BCUT2D eigenvalue weighted by Crippen LogP contribution is -2.20. The van der Waals surface area contributed by atoms with E-state index in [1.54, 1.807) is 6.07 Å². The molecule has 5 heteroatoms. The molecule has 1 fully saturated rings. The zero-order valence-electron chi connectivity index (χ0n) is 14.2.